The van der Waals surface area contributed by atoms with Gasteiger partial charge in [0.2, 0.25) is 0 Å². The lowest BCUT2D eigenvalue weighted by Crippen LogP contribution is -1.88. The van der Waals surface area contributed by atoms with Crippen LogP contribution in [0.2, 0.25) is 0 Å². The summed E-state index contributed by atoms with van der Waals surface area (Å²) in [6.45, 7) is 1.96. The highest BCUT2D eigenvalue weighted by molar-refractivity contribution is 14.1. The van der Waals surface area contributed by atoms with Crippen molar-refractivity contribution in [3.05, 3.63) is 28.0 Å². The van der Waals surface area contributed by atoms with Gasteiger partial charge in [0.15, 0.2) is 5.65 Å². The van der Waals surface area contributed by atoms with E-state index in [9.17, 15) is 0 Å². The Morgan fingerprint density at radius 1 is 1.55 bits per heavy atom. The molecule has 3 nitrogen and oxygen atoms in total. The molecule has 0 aromatic carbocycles. The lowest BCUT2D eigenvalue weighted by atomic mass is 10.5. The fourth-order valence-corrected chi connectivity index (χ4v) is 1.55. The maximum atomic E-state index is 4.30. The minimum absolute atomic E-state index is 0.942. The van der Waals surface area contributed by atoms with E-state index in [0.717, 1.165) is 15.0 Å². The zero-order chi connectivity index (χ0) is 7.84. The Morgan fingerprint density at radius 2 is 2.36 bits per heavy atom. The molecule has 0 saturated heterocycles. The summed E-state index contributed by atoms with van der Waals surface area (Å²) in [5.74, 6) is 0. The molecule has 2 aromatic heterocycles. The van der Waals surface area contributed by atoms with Crippen LogP contribution in [0.4, 0.5) is 0 Å². The lowest BCUT2D eigenvalue weighted by Gasteiger charge is -1.92. The van der Waals surface area contributed by atoms with Crippen LogP contribution >= 0.6 is 22.6 Å². The van der Waals surface area contributed by atoms with Crippen LogP contribution in [0.3, 0.4) is 0 Å². The molecule has 0 N–H and O–H groups in total. The number of imidazole rings is 1. The van der Waals surface area contributed by atoms with E-state index in [0.29, 0.717) is 0 Å². The van der Waals surface area contributed by atoms with Gasteiger partial charge in [0, 0.05) is 18.6 Å². The zero-order valence-electron chi connectivity index (χ0n) is 5.95. The van der Waals surface area contributed by atoms with E-state index in [2.05, 4.69) is 32.6 Å². The second kappa shape index (κ2) is 2.44. The van der Waals surface area contributed by atoms with Crippen molar-refractivity contribution in [1.29, 1.82) is 0 Å². The smallest absolute Gasteiger partial charge is 0.159 e. The summed E-state index contributed by atoms with van der Waals surface area (Å²) in [5.41, 5.74) is 1.91. The molecule has 4 heteroatoms. The summed E-state index contributed by atoms with van der Waals surface area (Å²) in [6.07, 6.45) is 5.65. The van der Waals surface area contributed by atoms with Crippen molar-refractivity contribution in [2.45, 2.75) is 6.92 Å². The Morgan fingerprint density at radius 3 is 3.09 bits per heavy atom. The molecule has 2 aromatic rings. The Balaban J connectivity index is 2.90. The maximum absolute atomic E-state index is 4.30. The van der Waals surface area contributed by atoms with Gasteiger partial charge in [-0.05, 0) is 29.5 Å². The third-order valence-corrected chi connectivity index (χ3v) is 2.04. The highest BCUT2D eigenvalue weighted by Crippen LogP contribution is 2.08. The molecule has 2 heterocycles. The maximum Gasteiger partial charge on any atom is 0.159 e. The number of hydrogen-bond acceptors (Lipinski definition) is 2. The van der Waals surface area contributed by atoms with Crippen LogP contribution in [-0.4, -0.2) is 14.4 Å². The number of aryl methyl sites for hydroxylation is 1. The number of fused-ring (bicyclic) bond motifs is 1. The Labute approximate surface area is 77.6 Å². The van der Waals surface area contributed by atoms with E-state index in [1.807, 2.05) is 23.7 Å². The van der Waals surface area contributed by atoms with E-state index in [-0.39, 0.29) is 0 Å². The zero-order valence-corrected chi connectivity index (χ0v) is 8.11. The second-order valence-corrected chi connectivity index (χ2v) is 3.41. The van der Waals surface area contributed by atoms with Crippen LogP contribution in [0.1, 0.15) is 5.69 Å². The third kappa shape index (κ3) is 1.11. The van der Waals surface area contributed by atoms with E-state index >= 15 is 0 Å². The molecule has 56 valence electrons. The second-order valence-electron chi connectivity index (χ2n) is 2.31. The van der Waals surface area contributed by atoms with E-state index in [1.165, 1.54) is 0 Å². The SMILES string of the molecule is Cc1nccn2cc(I)nc12. The predicted molar refractivity (Wildman–Crippen MR) is 50.4 cm³/mol. The molecule has 0 aliphatic heterocycles. The molecule has 0 fully saturated rings. The van der Waals surface area contributed by atoms with Crippen LogP contribution in [-0.2, 0) is 0 Å². The molecule has 11 heavy (non-hydrogen) atoms. The molecular weight excluding hydrogens is 253 g/mol. The summed E-state index contributed by atoms with van der Waals surface area (Å²) >= 11 is 2.19. The van der Waals surface area contributed by atoms with Crippen LogP contribution in [0.25, 0.3) is 5.65 Å². The van der Waals surface area contributed by atoms with Crippen molar-refractivity contribution >= 4 is 28.2 Å². The van der Waals surface area contributed by atoms with Gasteiger partial charge in [-0.2, -0.15) is 0 Å². The molecule has 0 unspecified atom stereocenters. The first-order valence-electron chi connectivity index (χ1n) is 3.23. The van der Waals surface area contributed by atoms with Gasteiger partial charge < -0.3 is 4.40 Å². The van der Waals surface area contributed by atoms with Crippen LogP contribution in [0.5, 0.6) is 0 Å². The average Bonchev–Trinajstić information content (AvgIpc) is 2.31. The molecule has 2 rings (SSSR count). The molecule has 0 aliphatic carbocycles. The van der Waals surface area contributed by atoms with Gasteiger partial charge in [0.05, 0.1) is 5.69 Å². The van der Waals surface area contributed by atoms with Gasteiger partial charge in [-0.15, -0.1) is 0 Å². The van der Waals surface area contributed by atoms with Crippen molar-refractivity contribution in [1.82, 2.24) is 14.4 Å². The molecule has 0 spiro atoms. The number of halogens is 1. The van der Waals surface area contributed by atoms with Crippen molar-refractivity contribution in [2.24, 2.45) is 0 Å². The minimum atomic E-state index is 0.942. The Kier molecular flexibility index (Phi) is 1.56. The Bertz CT molecular complexity index is 393. The van der Waals surface area contributed by atoms with E-state index in [4.69, 9.17) is 0 Å². The number of rotatable bonds is 0. The first-order valence-corrected chi connectivity index (χ1v) is 4.31. The number of aromatic nitrogens is 3. The lowest BCUT2D eigenvalue weighted by molar-refractivity contribution is 1.08. The summed E-state index contributed by atoms with van der Waals surface area (Å²) in [4.78, 5) is 8.43. The van der Waals surface area contributed by atoms with Crippen molar-refractivity contribution in [3.63, 3.8) is 0 Å². The van der Waals surface area contributed by atoms with Crippen molar-refractivity contribution < 1.29 is 0 Å². The summed E-state index contributed by atoms with van der Waals surface area (Å²) in [7, 11) is 0. The highest BCUT2D eigenvalue weighted by Gasteiger charge is 2.00. The molecular formula is C7H6IN3. The fraction of sp³-hybridized carbons (Fsp3) is 0.143. The first-order chi connectivity index (χ1) is 5.27. The van der Waals surface area contributed by atoms with E-state index in [1.54, 1.807) is 6.20 Å². The summed E-state index contributed by atoms with van der Waals surface area (Å²) in [5, 5.41) is 0. The van der Waals surface area contributed by atoms with E-state index < -0.39 is 0 Å². The molecule has 0 saturated carbocycles. The standard InChI is InChI=1S/C7H6IN3/c1-5-7-10-6(8)4-11(7)3-2-9-5/h2-4H,1H3. The summed E-state index contributed by atoms with van der Waals surface area (Å²) < 4.78 is 2.98. The van der Waals surface area contributed by atoms with Crippen LogP contribution in [0.15, 0.2) is 18.6 Å². The minimum Gasteiger partial charge on any atom is -0.303 e. The van der Waals surface area contributed by atoms with Gasteiger partial charge in [-0.25, -0.2) is 4.98 Å². The topological polar surface area (TPSA) is 30.2 Å². The van der Waals surface area contributed by atoms with Crippen LogP contribution in [0, 0.1) is 10.6 Å². The fourth-order valence-electron chi connectivity index (χ4n) is 1.02. The van der Waals surface area contributed by atoms with Gasteiger partial charge >= 0.3 is 0 Å². The molecule has 0 bridgehead atoms. The van der Waals surface area contributed by atoms with Gasteiger partial charge in [0.1, 0.15) is 3.70 Å². The predicted octanol–water partition coefficient (Wildman–Crippen LogP) is 1.64. The largest absolute Gasteiger partial charge is 0.303 e. The van der Waals surface area contributed by atoms with Gasteiger partial charge in [-0.3, -0.25) is 4.98 Å². The number of hydrogen-bond donors (Lipinski definition) is 0. The van der Waals surface area contributed by atoms with Crippen molar-refractivity contribution in [3.8, 4) is 0 Å². The van der Waals surface area contributed by atoms with Crippen molar-refractivity contribution in [2.75, 3.05) is 0 Å². The van der Waals surface area contributed by atoms with Gasteiger partial charge in [-0.1, -0.05) is 0 Å². The van der Waals surface area contributed by atoms with Gasteiger partial charge in [0.25, 0.3) is 0 Å². The average molecular weight is 259 g/mol. The molecule has 0 atom stereocenters. The summed E-state index contributed by atoms with van der Waals surface area (Å²) in [6, 6.07) is 0. The quantitative estimate of drug-likeness (QED) is 0.673. The molecule has 0 radical (unpaired) electrons. The molecule has 0 amide bonds. The highest BCUT2D eigenvalue weighted by atomic mass is 127. The first kappa shape index (κ1) is 7.02. The normalized spacial score (nSPS) is 10.7. The number of nitrogens with zero attached hydrogens (tertiary/aromatic N) is 3. The Hall–Kier alpha value is -0.650. The molecule has 0 aliphatic rings. The monoisotopic (exact) mass is 259 g/mol. The third-order valence-electron chi connectivity index (χ3n) is 1.52. The van der Waals surface area contributed by atoms with Crippen LogP contribution < -0.4 is 0 Å².